The number of pyridine rings is 1. The Bertz CT molecular complexity index is 1120. The van der Waals surface area contributed by atoms with Crippen LogP contribution in [0.15, 0.2) is 65.6 Å². The molecule has 2 aromatic carbocycles. The van der Waals surface area contributed by atoms with Gasteiger partial charge < -0.3 is 9.47 Å². The number of para-hydroxylation sites is 1. The molecule has 8 heteroatoms. The lowest BCUT2D eigenvalue weighted by molar-refractivity contribution is -0.275. The summed E-state index contributed by atoms with van der Waals surface area (Å²) in [5.41, 5.74) is 0.690. The molecule has 0 amide bonds. The standard InChI is InChI=1S/C20H14F3NO4/c1-27-18-12-13(6-8-17(18)28-20(21,22)23)7-9-19(26)24-11-10-16(25)14-4-2-3-5-15(14)24/h2-12H,1H3/b9-7+. The highest BCUT2D eigenvalue weighted by Crippen LogP contribution is 2.33. The first-order valence-electron chi connectivity index (χ1n) is 8.05. The Morgan fingerprint density at radius 3 is 2.54 bits per heavy atom. The van der Waals surface area contributed by atoms with Gasteiger partial charge >= 0.3 is 6.36 Å². The molecule has 0 spiro atoms. The van der Waals surface area contributed by atoms with Crippen molar-refractivity contribution in [2.75, 3.05) is 7.11 Å². The van der Waals surface area contributed by atoms with E-state index in [1.54, 1.807) is 24.3 Å². The fraction of sp³-hybridized carbons (Fsp3) is 0.100. The third-order valence-electron chi connectivity index (χ3n) is 3.87. The summed E-state index contributed by atoms with van der Waals surface area (Å²) in [5, 5.41) is 0.405. The number of ether oxygens (including phenoxy) is 2. The van der Waals surface area contributed by atoms with Crippen LogP contribution in [-0.4, -0.2) is 23.9 Å². The van der Waals surface area contributed by atoms with E-state index in [9.17, 15) is 22.8 Å². The number of carbonyl (C=O) groups excluding carboxylic acids is 1. The Kier molecular flexibility index (Phi) is 5.21. The minimum absolute atomic E-state index is 0.124. The predicted octanol–water partition coefficient (Wildman–Crippen LogP) is 4.26. The van der Waals surface area contributed by atoms with E-state index < -0.39 is 18.0 Å². The quantitative estimate of drug-likeness (QED) is 0.626. The van der Waals surface area contributed by atoms with Crippen LogP contribution < -0.4 is 14.9 Å². The highest BCUT2D eigenvalue weighted by atomic mass is 19.4. The van der Waals surface area contributed by atoms with Crippen molar-refractivity contribution in [3.8, 4) is 11.5 Å². The van der Waals surface area contributed by atoms with Crippen molar-refractivity contribution in [1.29, 1.82) is 0 Å². The highest BCUT2D eigenvalue weighted by molar-refractivity contribution is 5.99. The Balaban J connectivity index is 1.89. The zero-order valence-electron chi connectivity index (χ0n) is 14.6. The van der Waals surface area contributed by atoms with Crippen LogP contribution in [0.4, 0.5) is 13.2 Å². The number of hydrogen-bond acceptors (Lipinski definition) is 4. The molecule has 144 valence electrons. The number of aromatic nitrogens is 1. The van der Waals surface area contributed by atoms with E-state index in [4.69, 9.17) is 4.74 Å². The van der Waals surface area contributed by atoms with Crippen molar-refractivity contribution in [3.63, 3.8) is 0 Å². The Morgan fingerprint density at radius 1 is 1.07 bits per heavy atom. The molecule has 5 nitrogen and oxygen atoms in total. The monoisotopic (exact) mass is 389 g/mol. The number of benzene rings is 2. The molecule has 0 saturated carbocycles. The number of hydrogen-bond donors (Lipinski definition) is 0. The van der Waals surface area contributed by atoms with Crippen LogP contribution in [0.5, 0.6) is 11.5 Å². The lowest BCUT2D eigenvalue weighted by Gasteiger charge is -2.12. The number of halogens is 3. The van der Waals surface area contributed by atoms with Crippen molar-refractivity contribution in [2.45, 2.75) is 6.36 Å². The van der Waals surface area contributed by atoms with Gasteiger partial charge in [0.25, 0.3) is 5.91 Å². The summed E-state index contributed by atoms with van der Waals surface area (Å²) in [4.78, 5) is 24.4. The molecule has 0 N–H and O–H groups in total. The van der Waals surface area contributed by atoms with Gasteiger partial charge in [0.15, 0.2) is 16.9 Å². The molecule has 0 aliphatic heterocycles. The Hall–Kier alpha value is -3.55. The molecule has 28 heavy (non-hydrogen) atoms. The van der Waals surface area contributed by atoms with Gasteiger partial charge in [-0.25, -0.2) is 0 Å². The van der Waals surface area contributed by atoms with Crippen LogP contribution in [0.25, 0.3) is 17.0 Å². The lowest BCUT2D eigenvalue weighted by Crippen LogP contribution is -2.17. The maximum Gasteiger partial charge on any atom is 0.573 e. The van der Waals surface area contributed by atoms with Gasteiger partial charge in [-0.3, -0.25) is 14.2 Å². The first kappa shape index (κ1) is 19.2. The van der Waals surface area contributed by atoms with E-state index in [1.165, 1.54) is 48.2 Å². The Morgan fingerprint density at radius 2 is 1.82 bits per heavy atom. The third-order valence-corrected chi connectivity index (χ3v) is 3.87. The van der Waals surface area contributed by atoms with Crippen LogP contribution in [0.3, 0.4) is 0 Å². The second-order valence-corrected chi connectivity index (χ2v) is 5.70. The summed E-state index contributed by atoms with van der Waals surface area (Å²) >= 11 is 0. The molecular formula is C20H14F3NO4. The van der Waals surface area contributed by atoms with Crippen molar-refractivity contribution < 1.29 is 27.4 Å². The average Bonchev–Trinajstić information content (AvgIpc) is 2.66. The number of methoxy groups -OCH3 is 1. The molecular weight excluding hydrogens is 375 g/mol. The third kappa shape index (κ3) is 4.22. The molecule has 1 aromatic heterocycles. The first-order valence-corrected chi connectivity index (χ1v) is 8.05. The Labute approximate surface area is 157 Å². The summed E-state index contributed by atoms with van der Waals surface area (Å²) in [6.45, 7) is 0. The van der Waals surface area contributed by atoms with Crippen molar-refractivity contribution in [3.05, 3.63) is 76.6 Å². The minimum Gasteiger partial charge on any atom is -0.493 e. The molecule has 0 radical (unpaired) electrons. The lowest BCUT2D eigenvalue weighted by atomic mass is 10.1. The van der Waals surface area contributed by atoms with Gasteiger partial charge in [0.05, 0.1) is 12.6 Å². The number of nitrogens with zero attached hydrogens (tertiary/aromatic N) is 1. The molecule has 3 aromatic rings. The van der Waals surface area contributed by atoms with Crippen LogP contribution in [0.1, 0.15) is 10.4 Å². The molecule has 0 aliphatic carbocycles. The maximum absolute atomic E-state index is 12.5. The van der Waals surface area contributed by atoms with Gasteiger partial charge in [0.1, 0.15) is 0 Å². The predicted molar refractivity (Wildman–Crippen MR) is 97.5 cm³/mol. The van der Waals surface area contributed by atoms with Crippen molar-refractivity contribution in [2.24, 2.45) is 0 Å². The highest BCUT2D eigenvalue weighted by Gasteiger charge is 2.32. The second kappa shape index (κ2) is 7.59. The van der Waals surface area contributed by atoms with E-state index in [-0.39, 0.29) is 11.2 Å². The summed E-state index contributed by atoms with van der Waals surface area (Å²) in [6, 6.07) is 11.7. The van der Waals surface area contributed by atoms with Gasteiger partial charge in [-0.15, -0.1) is 13.2 Å². The van der Waals surface area contributed by atoms with E-state index >= 15 is 0 Å². The molecule has 0 fully saturated rings. The van der Waals surface area contributed by atoms with E-state index in [2.05, 4.69) is 4.74 Å². The number of rotatable bonds is 4. The number of carbonyl (C=O) groups is 1. The smallest absolute Gasteiger partial charge is 0.493 e. The van der Waals surface area contributed by atoms with Crippen molar-refractivity contribution >= 4 is 22.9 Å². The molecule has 0 aliphatic rings. The summed E-state index contributed by atoms with van der Waals surface area (Å²) in [7, 11) is 1.21. The minimum atomic E-state index is -4.84. The summed E-state index contributed by atoms with van der Waals surface area (Å²) in [6.07, 6.45) is -0.796. The summed E-state index contributed by atoms with van der Waals surface area (Å²) in [5.74, 6) is -1.03. The van der Waals surface area contributed by atoms with Gasteiger partial charge in [-0.1, -0.05) is 18.2 Å². The van der Waals surface area contributed by atoms with Gasteiger partial charge in [0, 0.05) is 23.7 Å². The molecule has 0 atom stereocenters. The average molecular weight is 389 g/mol. The SMILES string of the molecule is COc1cc(/C=C/C(=O)n2ccc(=O)c3ccccc32)ccc1OC(F)(F)F. The van der Waals surface area contributed by atoms with Crippen LogP contribution >= 0.6 is 0 Å². The fourth-order valence-corrected chi connectivity index (χ4v) is 2.64. The molecule has 0 unspecified atom stereocenters. The maximum atomic E-state index is 12.5. The summed E-state index contributed by atoms with van der Waals surface area (Å²) < 4.78 is 47.3. The van der Waals surface area contributed by atoms with E-state index in [0.717, 1.165) is 6.07 Å². The topological polar surface area (TPSA) is 57.5 Å². The number of fused-ring (bicyclic) bond motifs is 1. The number of allylic oxidation sites excluding steroid dienone is 1. The van der Waals surface area contributed by atoms with Gasteiger partial charge in [-0.05, 0) is 35.9 Å². The van der Waals surface area contributed by atoms with Crippen molar-refractivity contribution in [1.82, 2.24) is 4.57 Å². The van der Waals surface area contributed by atoms with Crippen LogP contribution in [0, 0.1) is 0 Å². The molecule has 0 saturated heterocycles. The van der Waals surface area contributed by atoms with E-state index in [1.807, 2.05) is 0 Å². The van der Waals surface area contributed by atoms with Crippen LogP contribution in [-0.2, 0) is 0 Å². The van der Waals surface area contributed by atoms with E-state index in [0.29, 0.717) is 16.5 Å². The molecule has 3 rings (SSSR count). The van der Waals surface area contributed by atoms with Gasteiger partial charge in [0.2, 0.25) is 0 Å². The number of alkyl halides is 3. The van der Waals surface area contributed by atoms with Gasteiger partial charge in [-0.2, -0.15) is 0 Å². The molecule has 0 bridgehead atoms. The normalized spacial score (nSPS) is 11.7. The zero-order valence-corrected chi connectivity index (χ0v) is 14.6. The molecule has 1 heterocycles. The largest absolute Gasteiger partial charge is 0.573 e. The fourth-order valence-electron chi connectivity index (χ4n) is 2.64. The first-order chi connectivity index (χ1) is 13.3. The van der Waals surface area contributed by atoms with Crippen LogP contribution in [0.2, 0.25) is 0 Å². The second-order valence-electron chi connectivity index (χ2n) is 5.70. The zero-order chi connectivity index (χ0) is 20.3.